The Bertz CT molecular complexity index is 470. The summed E-state index contributed by atoms with van der Waals surface area (Å²) in [7, 11) is -1.74. The summed E-state index contributed by atoms with van der Waals surface area (Å²) in [5, 5.41) is 0. The molecule has 2 N–H and O–H groups in total. The zero-order chi connectivity index (χ0) is 12.9. The van der Waals surface area contributed by atoms with E-state index in [-0.39, 0.29) is 12.4 Å². The SMILES string of the molecule is COc1ccc(S(=O)(=O)CCCON)c(C)c1. The molecule has 0 aliphatic carbocycles. The van der Waals surface area contributed by atoms with Crippen LogP contribution in [0.5, 0.6) is 5.75 Å². The summed E-state index contributed by atoms with van der Waals surface area (Å²) in [5.41, 5.74) is 0.679. The van der Waals surface area contributed by atoms with Gasteiger partial charge in [0.25, 0.3) is 0 Å². The van der Waals surface area contributed by atoms with Crippen molar-refractivity contribution in [3.63, 3.8) is 0 Å². The normalized spacial score (nSPS) is 11.5. The molecule has 5 nitrogen and oxygen atoms in total. The van der Waals surface area contributed by atoms with Gasteiger partial charge in [-0.05, 0) is 37.1 Å². The molecule has 0 unspecified atom stereocenters. The molecule has 0 amide bonds. The standard InChI is InChI=1S/C11H17NO4S/c1-9-8-10(15-2)4-5-11(9)17(13,14)7-3-6-16-12/h4-5,8H,3,6-7,12H2,1-2H3. The fourth-order valence-corrected chi connectivity index (χ4v) is 3.08. The van der Waals surface area contributed by atoms with Crippen molar-refractivity contribution in [3.8, 4) is 5.75 Å². The lowest BCUT2D eigenvalue weighted by Gasteiger charge is -2.09. The number of sulfone groups is 1. The second-order valence-electron chi connectivity index (χ2n) is 3.67. The molecule has 0 radical (unpaired) electrons. The van der Waals surface area contributed by atoms with Crippen LogP contribution >= 0.6 is 0 Å². The van der Waals surface area contributed by atoms with Crippen molar-refractivity contribution in [1.29, 1.82) is 0 Å². The maximum atomic E-state index is 12.0. The van der Waals surface area contributed by atoms with Gasteiger partial charge in [-0.15, -0.1) is 0 Å². The lowest BCUT2D eigenvalue weighted by molar-refractivity contribution is 0.139. The third kappa shape index (κ3) is 3.69. The van der Waals surface area contributed by atoms with Crippen molar-refractivity contribution < 1.29 is 18.0 Å². The second-order valence-corrected chi connectivity index (χ2v) is 5.75. The average Bonchev–Trinajstić information content (AvgIpc) is 2.28. The minimum Gasteiger partial charge on any atom is -0.497 e. The minimum absolute atomic E-state index is 0.0252. The van der Waals surface area contributed by atoms with Crippen LogP contribution in [-0.4, -0.2) is 27.9 Å². The third-order valence-electron chi connectivity index (χ3n) is 2.39. The molecule has 1 aromatic rings. The Hall–Kier alpha value is -1.11. The number of ether oxygens (including phenoxy) is 1. The molecular formula is C11H17NO4S. The first-order valence-electron chi connectivity index (χ1n) is 5.20. The Kier molecular flexibility index (Phi) is 4.92. The van der Waals surface area contributed by atoms with Gasteiger partial charge in [0.1, 0.15) is 5.75 Å². The predicted octanol–water partition coefficient (Wildman–Crippen LogP) is 1.06. The Balaban J connectivity index is 2.91. The Labute approximate surface area is 101 Å². The first-order valence-corrected chi connectivity index (χ1v) is 6.85. The van der Waals surface area contributed by atoms with Crippen LogP contribution in [-0.2, 0) is 14.7 Å². The van der Waals surface area contributed by atoms with Crippen molar-refractivity contribution >= 4 is 9.84 Å². The van der Waals surface area contributed by atoms with Gasteiger partial charge in [-0.3, -0.25) is 0 Å². The van der Waals surface area contributed by atoms with E-state index < -0.39 is 9.84 Å². The van der Waals surface area contributed by atoms with E-state index in [4.69, 9.17) is 10.6 Å². The Morgan fingerprint density at radius 3 is 2.59 bits per heavy atom. The van der Waals surface area contributed by atoms with Gasteiger partial charge < -0.3 is 9.57 Å². The fraction of sp³-hybridized carbons (Fsp3) is 0.455. The van der Waals surface area contributed by atoms with Gasteiger partial charge in [0, 0.05) is 0 Å². The summed E-state index contributed by atoms with van der Waals surface area (Å²) in [6.07, 6.45) is 0.379. The van der Waals surface area contributed by atoms with E-state index in [1.165, 1.54) is 0 Å². The van der Waals surface area contributed by atoms with Crippen LogP contribution in [0, 0.1) is 6.92 Å². The van der Waals surface area contributed by atoms with Crippen molar-refractivity contribution in [2.24, 2.45) is 5.90 Å². The molecule has 96 valence electrons. The second kappa shape index (κ2) is 6.00. The van der Waals surface area contributed by atoms with Crippen LogP contribution in [0.1, 0.15) is 12.0 Å². The highest BCUT2D eigenvalue weighted by Crippen LogP contribution is 2.22. The summed E-state index contributed by atoms with van der Waals surface area (Å²) < 4.78 is 29.0. The van der Waals surface area contributed by atoms with E-state index in [2.05, 4.69) is 4.84 Å². The van der Waals surface area contributed by atoms with E-state index in [0.717, 1.165) is 0 Å². The van der Waals surface area contributed by atoms with Gasteiger partial charge in [-0.2, -0.15) is 0 Å². The highest BCUT2D eigenvalue weighted by Gasteiger charge is 2.16. The molecule has 0 spiro atoms. The van der Waals surface area contributed by atoms with Crippen LogP contribution in [0.15, 0.2) is 23.1 Å². The van der Waals surface area contributed by atoms with E-state index in [9.17, 15) is 8.42 Å². The van der Waals surface area contributed by atoms with E-state index in [1.807, 2.05) is 0 Å². The molecule has 0 fully saturated rings. The van der Waals surface area contributed by atoms with Gasteiger partial charge in [0.05, 0.1) is 24.4 Å². The number of aryl methyl sites for hydroxylation is 1. The average molecular weight is 259 g/mol. The van der Waals surface area contributed by atoms with Gasteiger partial charge in [-0.1, -0.05) is 0 Å². The molecule has 0 bridgehead atoms. The zero-order valence-corrected chi connectivity index (χ0v) is 10.8. The summed E-state index contributed by atoms with van der Waals surface area (Å²) >= 11 is 0. The van der Waals surface area contributed by atoms with E-state index >= 15 is 0 Å². The van der Waals surface area contributed by atoms with E-state index in [1.54, 1.807) is 32.2 Å². The first-order chi connectivity index (χ1) is 8.01. The number of hydrogen-bond donors (Lipinski definition) is 1. The molecular weight excluding hydrogens is 242 g/mol. The molecule has 0 saturated carbocycles. The van der Waals surface area contributed by atoms with E-state index in [0.29, 0.717) is 22.6 Å². The van der Waals surface area contributed by atoms with Crippen LogP contribution in [0.2, 0.25) is 0 Å². The lowest BCUT2D eigenvalue weighted by atomic mass is 10.2. The monoisotopic (exact) mass is 259 g/mol. The molecule has 0 atom stereocenters. The summed E-state index contributed by atoms with van der Waals surface area (Å²) in [6.45, 7) is 1.98. The molecule has 1 rings (SSSR count). The quantitative estimate of drug-likeness (QED) is 0.610. The van der Waals surface area contributed by atoms with Crippen LogP contribution < -0.4 is 10.6 Å². The molecule has 0 heterocycles. The van der Waals surface area contributed by atoms with Gasteiger partial charge >= 0.3 is 0 Å². The maximum Gasteiger partial charge on any atom is 0.178 e. The number of methoxy groups -OCH3 is 1. The number of benzene rings is 1. The molecule has 17 heavy (non-hydrogen) atoms. The molecule has 1 aromatic carbocycles. The first kappa shape index (κ1) is 14.0. The lowest BCUT2D eigenvalue weighted by Crippen LogP contribution is -2.12. The van der Waals surface area contributed by atoms with Gasteiger partial charge in [-0.25, -0.2) is 14.3 Å². The summed E-state index contributed by atoms with van der Waals surface area (Å²) in [6, 6.07) is 4.90. The number of rotatable bonds is 6. The fourth-order valence-electron chi connectivity index (χ4n) is 1.54. The zero-order valence-electron chi connectivity index (χ0n) is 9.97. The maximum absolute atomic E-state index is 12.0. The Morgan fingerprint density at radius 2 is 2.06 bits per heavy atom. The van der Waals surface area contributed by atoms with Crippen molar-refractivity contribution in [2.45, 2.75) is 18.2 Å². The molecule has 0 aliphatic rings. The Morgan fingerprint density at radius 1 is 1.35 bits per heavy atom. The van der Waals surface area contributed by atoms with Crippen LogP contribution in [0.4, 0.5) is 0 Å². The predicted molar refractivity (Wildman–Crippen MR) is 64.5 cm³/mol. The van der Waals surface area contributed by atoms with Crippen LogP contribution in [0.3, 0.4) is 0 Å². The largest absolute Gasteiger partial charge is 0.497 e. The van der Waals surface area contributed by atoms with Crippen molar-refractivity contribution in [3.05, 3.63) is 23.8 Å². The topological polar surface area (TPSA) is 78.6 Å². The van der Waals surface area contributed by atoms with Crippen LogP contribution in [0.25, 0.3) is 0 Å². The number of hydrogen-bond acceptors (Lipinski definition) is 5. The summed E-state index contributed by atoms with van der Waals surface area (Å²) in [5.74, 6) is 5.52. The molecule has 6 heteroatoms. The van der Waals surface area contributed by atoms with Gasteiger partial charge in [0.2, 0.25) is 0 Å². The molecule has 0 saturated heterocycles. The third-order valence-corrected chi connectivity index (χ3v) is 4.35. The number of nitrogens with two attached hydrogens (primary N) is 1. The van der Waals surface area contributed by atoms with Crippen molar-refractivity contribution in [2.75, 3.05) is 19.5 Å². The highest BCUT2D eigenvalue weighted by atomic mass is 32.2. The highest BCUT2D eigenvalue weighted by molar-refractivity contribution is 7.91. The minimum atomic E-state index is -3.28. The van der Waals surface area contributed by atoms with Crippen molar-refractivity contribution in [1.82, 2.24) is 0 Å². The smallest absolute Gasteiger partial charge is 0.178 e. The van der Waals surface area contributed by atoms with Gasteiger partial charge in [0.15, 0.2) is 9.84 Å². The summed E-state index contributed by atoms with van der Waals surface area (Å²) in [4.78, 5) is 4.68. The molecule has 0 aromatic heterocycles. The molecule has 0 aliphatic heterocycles.